The summed E-state index contributed by atoms with van der Waals surface area (Å²) < 4.78 is 5.63. The van der Waals surface area contributed by atoms with Crippen LogP contribution in [0.3, 0.4) is 0 Å². The van der Waals surface area contributed by atoms with Crippen LogP contribution in [0.25, 0.3) is 0 Å². The highest BCUT2D eigenvalue weighted by Gasteiger charge is 2.27. The normalized spacial score (nSPS) is 13.8. The van der Waals surface area contributed by atoms with Gasteiger partial charge in [-0.1, -0.05) is 52.4 Å². The maximum absolute atomic E-state index is 5.63. The van der Waals surface area contributed by atoms with Crippen molar-refractivity contribution in [3.63, 3.8) is 0 Å². The Kier molecular flexibility index (Phi) is 10.8. The largest absolute Gasteiger partial charge is 0.377 e. The lowest BCUT2D eigenvalue weighted by atomic mass is 9.92. The van der Waals surface area contributed by atoms with Gasteiger partial charge in [0, 0.05) is 13.2 Å². The Hall–Kier alpha value is -0.0800. The van der Waals surface area contributed by atoms with E-state index < -0.39 is 0 Å². The van der Waals surface area contributed by atoms with Crippen molar-refractivity contribution in [2.45, 2.75) is 90.7 Å². The third-order valence-corrected chi connectivity index (χ3v) is 3.85. The van der Waals surface area contributed by atoms with Crippen molar-refractivity contribution < 1.29 is 4.74 Å². The first-order valence-corrected chi connectivity index (χ1v) is 7.87. The first kappa shape index (κ1) is 17.9. The fraction of sp³-hybridized carbons (Fsp3) is 1.00. The van der Waals surface area contributed by atoms with Crippen molar-refractivity contribution in [3.8, 4) is 0 Å². The molecule has 0 aliphatic rings. The summed E-state index contributed by atoms with van der Waals surface area (Å²) in [7, 11) is 1.82. The zero-order valence-electron chi connectivity index (χ0n) is 13.3. The standard InChI is InChI=1S/C16H35NO/c1-6-8-9-10-11-12-13-15(17-14-7-2)16(3,4)18-5/h15,17H,6-14H2,1-5H3. The molecule has 0 fully saturated rings. The maximum Gasteiger partial charge on any atom is 0.0774 e. The molecule has 2 heteroatoms. The highest BCUT2D eigenvalue weighted by Crippen LogP contribution is 2.19. The second kappa shape index (κ2) is 10.8. The van der Waals surface area contributed by atoms with Crippen LogP contribution >= 0.6 is 0 Å². The van der Waals surface area contributed by atoms with E-state index in [1.165, 1.54) is 51.4 Å². The van der Waals surface area contributed by atoms with Gasteiger partial charge in [0.05, 0.1) is 5.60 Å². The molecule has 0 aromatic carbocycles. The number of nitrogens with one attached hydrogen (secondary N) is 1. The van der Waals surface area contributed by atoms with E-state index in [0.717, 1.165) is 6.54 Å². The smallest absolute Gasteiger partial charge is 0.0774 e. The van der Waals surface area contributed by atoms with Crippen molar-refractivity contribution in [2.24, 2.45) is 0 Å². The molecule has 2 nitrogen and oxygen atoms in total. The van der Waals surface area contributed by atoms with Crippen LogP contribution < -0.4 is 5.32 Å². The molecule has 1 N–H and O–H groups in total. The Morgan fingerprint density at radius 3 is 2.11 bits per heavy atom. The number of methoxy groups -OCH3 is 1. The Morgan fingerprint density at radius 2 is 1.56 bits per heavy atom. The first-order valence-electron chi connectivity index (χ1n) is 7.87. The molecule has 0 rings (SSSR count). The zero-order valence-corrected chi connectivity index (χ0v) is 13.3. The second-order valence-electron chi connectivity index (χ2n) is 5.87. The van der Waals surface area contributed by atoms with Crippen LogP contribution in [0.1, 0.15) is 79.1 Å². The summed E-state index contributed by atoms with van der Waals surface area (Å²) in [6, 6.07) is 0.480. The molecule has 0 heterocycles. The van der Waals surface area contributed by atoms with Crippen LogP contribution in [0.5, 0.6) is 0 Å². The molecule has 0 spiro atoms. The van der Waals surface area contributed by atoms with E-state index in [4.69, 9.17) is 4.74 Å². The van der Waals surface area contributed by atoms with E-state index in [0.29, 0.717) is 6.04 Å². The predicted octanol–water partition coefficient (Wildman–Crippen LogP) is 4.53. The summed E-state index contributed by atoms with van der Waals surface area (Å²) in [6.07, 6.45) is 10.6. The molecule has 18 heavy (non-hydrogen) atoms. The van der Waals surface area contributed by atoms with E-state index in [1.807, 2.05) is 7.11 Å². The highest BCUT2D eigenvalue weighted by molar-refractivity contribution is 4.85. The Bertz CT molecular complexity index is 180. The maximum atomic E-state index is 5.63. The molecule has 0 radical (unpaired) electrons. The summed E-state index contributed by atoms with van der Waals surface area (Å²) in [6.45, 7) is 9.96. The molecule has 0 saturated heterocycles. The van der Waals surface area contributed by atoms with Gasteiger partial charge in [-0.15, -0.1) is 0 Å². The molecule has 0 amide bonds. The number of hydrogen-bond donors (Lipinski definition) is 1. The van der Waals surface area contributed by atoms with Gasteiger partial charge in [-0.05, 0) is 33.2 Å². The van der Waals surface area contributed by atoms with Crippen LogP contribution in [0.2, 0.25) is 0 Å². The van der Waals surface area contributed by atoms with E-state index in [2.05, 4.69) is 33.0 Å². The van der Waals surface area contributed by atoms with E-state index in [-0.39, 0.29) is 5.60 Å². The molecule has 110 valence electrons. The Balaban J connectivity index is 3.87. The predicted molar refractivity (Wildman–Crippen MR) is 81.2 cm³/mol. The fourth-order valence-corrected chi connectivity index (χ4v) is 2.29. The second-order valence-corrected chi connectivity index (χ2v) is 5.87. The molecule has 0 aliphatic heterocycles. The summed E-state index contributed by atoms with van der Waals surface area (Å²) >= 11 is 0. The van der Waals surface area contributed by atoms with Gasteiger partial charge in [0.1, 0.15) is 0 Å². The summed E-state index contributed by atoms with van der Waals surface area (Å²) in [4.78, 5) is 0. The lowest BCUT2D eigenvalue weighted by Crippen LogP contribution is -2.48. The molecule has 0 bridgehead atoms. The molecule has 1 unspecified atom stereocenters. The van der Waals surface area contributed by atoms with Crippen molar-refractivity contribution in [1.82, 2.24) is 5.32 Å². The minimum atomic E-state index is -0.0570. The van der Waals surface area contributed by atoms with Crippen molar-refractivity contribution in [2.75, 3.05) is 13.7 Å². The van der Waals surface area contributed by atoms with Gasteiger partial charge >= 0.3 is 0 Å². The van der Waals surface area contributed by atoms with Gasteiger partial charge in [-0.25, -0.2) is 0 Å². The topological polar surface area (TPSA) is 21.3 Å². The molecule has 0 aliphatic carbocycles. The van der Waals surface area contributed by atoms with E-state index >= 15 is 0 Å². The number of hydrogen-bond acceptors (Lipinski definition) is 2. The summed E-state index contributed by atoms with van der Waals surface area (Å²) in [5, 5.41) is 3.64. The lowest BCUT2D eigenvalue weighted by molar-refractivity contribution is -0.0131. The van der Waals surface area contributed by atoms with Crippen LogP contribution in [0, 0.1) is 0 Å². The molecule has 1 atom stereocenters. The van der Waals surface area contributed by atoms with Crippen molar-refractivity contribution in [3.05, 3.63) is 0 Å². The van der Waals surface area contributed by atoms with Gasteiger partial charge in [0.2, 0.25) is 0 Å². The minimum Gasteiger partial charge on any atom is -0.377 e. The number of ether oxygens (including phenoxy) is 1. The summed E-state index contributed by atoms with van der Waals surface area (Å²) in [5.41, 5.74) is -0.0570. The Labute approximate surface area is 115 Å². The number of rotatable bonds is 12. The zero-order chi connectivity index (χ0) is 13.9. The molecular weight excluding hydrogens is 222 g/mol. The van der Waals surface area contributed by atoms with Crippen LogP contribution in [0.15, 0.2) is 0 Å². The van der Waals surface area contributed by atoms with Crippen LogP contribution in [-0.4, -0.2) is 25.3 Å². The van der Waals surface area contributed by atoms with E-state index in [9.17, 15) is 0 Å². The van der Waals surface area contributed by atoms with Gasteiger partial charge in [0.25, 0.3) is 0 Å². The highest BCUT2D eigenvalue weighted by atomic mass is 16.5. The quantitative estimate of drug-likeness (QED) is 0.519. The molecule has 0 aromatic rings. The monoisotopic (exact) mass is 257 g/mol. The molecule has 0 saturated carbocycles. The van der Waals surface area contributed by atoms with Crippen molar-refractivity contribution >= 4 is 0 Å². The van der Waals surface area contributed by atoms with Gasteiger partial charge in [0.15, 0.2) is 0 Å². The minimum absolute atomic E-state index is 0.0570. The fourth-order valence-electron chi connectivity index (χ4n) is 2.29. The first-order chi connectivity index (χ1) is 8.58. The third kappa shape index (κ3) is 8.10. The average Bonchev–Trinajstić information content (AvgIpc) is 2.36. The lowest BCUT2D eigenvalue weighted by Gasteiger charge is -2.34. The molecule has 0 aromatic heterocycles. The Morgan fingerprint density at radius 1 is 0.944 bits per heavy atom. The third-order valence-electron chi connectivity index (χ3n) is 3.85. The number of unbranched alkanes of at least 4 members (excludes halogenated alkanes) is 5. The SMILES string of the molecule is CCCCCCCCC(NCCC)C(C)(C)OC. The molecular formula is C16H35NO. The van der Waals surface area contributed by atoms with Gasteiger partial charge < -0.3 is 10.1 Å². The summed E-state index contributed by atoms with van der Waals surface area (Å²) in [5.74, 6) is 0. The van der Waals surface area contributed by atoms with Crippen molar-refractivity contribution in [1.29, 1.82) is 0 Å². The van der Waals surface area contributed by atoms with Crippen LogP contribution in [-0.2, 0) is 4.74 Å². The van der Waals surface area contributed by atoms with Crippen LogP contribution in [0.4, 0.5) is 0 Å². The van der Waals surface area contributed by atoms with E-state index in [1.54, 1.807) is 0 Å². The van der Waals surface area contributed by atoms with Gasteiger partial charge in [-0.2, -0.15) is 0 Å². The average molecular weight is 257 g/mol. The van der Waals surface area contributed by atoms with Gasteiger partial charge in [-0.3, -0.25) is 0 Å².